The minimum atomic E-state index is -0.186. The monoisotopic (exact) mass is 492 g/mol. The van der Waals surface area contributed by atoms with Crippen molar-refractivity contribution in [2.45, 2.75) is 40.2 Å². The number of hydrogen-bond donors (Lipinski definition) is 2. The van der Waals surface area contributed by atoms with E-state index in [1.54, 1.807) is 6.07 Å². The van der Waals surface area contributed by atoms with E-state index in [1.165, 1.54) is 0 Å². The molecule has 0 aromatic heterocycles. The molecule has 5 nitrogen and oxygen atoms in total. The van der Waals surface area contributed by atoms with Crippen molar-refractivity contribution in [3.8, 4) is 0 Å². The molecule has 1 saturated heterocycles. The van der Waals surface area contributed by atoms with Crippen LogP contribution in [-0.2, 0) is 11.3 Å². The Morgan fingerprint density at radius 1 is 1.19 bits per heavy atom. The van der Waals surface area contributed by atoms with E-state index in [4.69, 9.17) is 4.74 Å². The summed E-state index contributed by atoms with van der Waals surface area (Å²) in [6.07, 6.45) is 2.30. The van der Waals surface area contributed by atoms with E-state index >= 15 is 0 Å². The van der Waals surface area contributed by atoms with E-state index in [2.05, 4.69) is 29.5 Å². The molecular weight excluding hydrogens is 458 g/mol. The Morgan fingerprint density at radius 3 is 2.48 bits per heavy atom. The van der Waals surface area contributed by atoms with Crippen LogP contribution in [0, 0.1) is 11.7 Å². The lowest BCUT2D eigenvalue weighted by Gasteiger charge is -2.29. The molecule has 1 aliphatic rings. The number of benzene rings is 1. The minimum Gasteiger partial charge on any atom is -0.378 e. The normalized spacial score (nSPS) is 14.9. The lowest BCUT2D eigenvalue weighted by Crippen LogP contribution is -2.39. The number of nitrogens with zero attached hydrogens (tertiary/aromatic N) is 2. The molecule has 0 amide bonds. The van der Waals surface area contributed by atoms with Gasteiger partial charge in [-0.1, -0.05) is 32.8 Å². The van der Waals surface area contributed by atoms with Crippen LogP contribution in [0.5, 0.6) is 0 Å². The van der Waals surface area contributed by atoms with Gasteiger partial charge in [0.25, 0.3) is 0 Å². The third kappa shape index (κ3) is 7.81. The van der Waals surface area contributed by atoms with Crippen LogP contribution in [-0.4, -0.2) is 45.4 Å². The van der Waals surface area contributed by atoms with Crippen LogP contribution >= 0.6 is 24.0 Å². The van der Waals surface area contributed by atoms with Gasteiger partial charge in [0.2, 0.25) is 0 Å². The number of halogens is 2. The number of ether oxygens (including phenoxy) is 1. The number of aliphatic imine (C=N–C) groups is 1. The molecule has 0 unspecified atom stereocenters. The summed E-state index contributed by atoms with van der Waals surface area (Å²) in [6.45, 7) is 11.4. The van der Waals surface area contributed by atoms with Crippen molar-refractivity contribution in [2.24, 2.45) is 10.9 Å². The Balaban J connectivity index is 0.00000364. The number of hydrogen-bond acceptors (Lipinski definition) is 3. The molecule has 27 heavy (non-hydrogen) atoms. The van der Waals surface area contributed by atoms with Gasteiger partial charge in [0, 0.05) is 26.2 Å². The smallest absolute Gasteiger partial charge is 0.191 e. The fourth-order valence-corrected chi connectivity index (χ4v) is 3.04. The van der Waals surface area contributed by atoms with Gasteiger partial charge in [-0.2, -0.15) is 0 Å². The minimum absolute atomic E-state index is 0. The van der Waals surface area contributed by atoms with E-state index in [0.717, 1.165) is 50.5 Å². The fourth-order valence-electron chi connectivity index (χ4n) is 3.04. The van der Waals surface area contributed by atoms with Gasteiger partial charge in [-0.05, 0) is 30.5 Å². The molecule has 0 atom stereocenters. The van der Waals surface area contributed by atoms with Gasteiger partial charge in [0.05, 0.1) is 25.4 Å². The first kappa shape index (κ1) is 23.9. The first-order valence-electron chi connectivity index (χ1n) is 9.81. The van der Waals surface area contributed by atoms with Crippen molar-refractivity contribution in [1.82, 2.24) is 10.6 Å². The van der Waals surface area contributed by atoms with Gasteiger partial charge in [-0.15, -0.1) is 24.0 Å². The summed E-state index contributed by atoms with van der Waals surface area (Å²) in [5.41, 5.74) is 1.53. The Kier molecular flexibility index (Phi) is 11.7. The molecule has 2 N–H and O–H groups in total. The summed E-state index contributed by atoms with van der Waals surface area (Å²) in [6, 6.07) is 5.41. The fraction of sp³-hybridized carbons (Fsp3) is 0.650. The van der Waals surface area contributed by atoms with Crippen LogP contribution in [0.2, 0.25) is 0 Å². The molecule has 1 aliphatic heterocycles. The van der Waals surface area contributed by atoms with Crippen LogP contribution in [0.15, 0.2) is 23.2 Å². The van der Waals surface area contributed by atoms with Crippen LogP contribution in [0.3, 0.4) is 0 Å². The molecule has 154 valence electrons. The summed E-state index contributed by atoms with van der Waals surface area (Å²) in [5.74, 6) is 1.25. The molecule has 0 aliphatic carbocycles. The van der Waals surface area contributed by atoms with Crippen molar-refractivity contribution in [3.63, 3.8) is 0 Å². The second kappa shape index (κ2) is 13.1. The SMILES string of the molecule is CCNC(=NCc1ccc(N2CCOCC2)c(F)c1)NCC(CC)CC.I. The quantitative estimate of drug-likeness (QED) is 0.330. The maximum absolute atomic E-state index is 14.5. The van der Waals surface area contributed by atoms with Gasteiger partial charge in [-0.25, -0.2) is 9.38 Å². The zero-order valence-electron chi connectivity index (χ0n) is 16.8. The average molecular weight is 492 g/mol. The highest BCUT2D eigenvalue weighted by atomic mass is 127. The topological polar surface area (TPSA) is 48.9 Å². The maximum atomic E-state index is 14.5. The van der Waals surface area contributed by atoms with Crippen molar-refractivity contribution in [3.05, 3.63) is 29.6 Å². The Labute approximate surface area is 180 Å². The van der Waals surface area contributed by atoms with E-state index in [9.17, 15) is 4.39 Å². The van der Waals surface area contributed by atoms with E-state index < -0.39 is 0 Å². The molecule has 7 heteroatoms. The highest BCUT2D eigenvalue weighted by molar-refractivity contribution is 14.0. The largest absolute Gasteiger partial charge is 0.378 e. The molecule has 0 saturated carbocycles. The van der Waals surface area contributed by atoms with Crippen LogP contribution < -0.4 is 15.5 Å². The second-order valence-corrected chi connectivity index (χ2v) is 6.64. The summed E-state index contributed by atoms with van der Waals surface area (Å²) < 4.78 is 19.8. The number of morpholine rings is 1. The van der Waals surface area contributed by atoms with Crippen LogP contribution in [0.4, 0.5) is 10.1 Å². The Bertz CT molecular complexity index is 575. The number of rotatable bonds is 8. The molecule has 1 aromatic rings. The van der Waals surface area contributed by atoms with E-state index in [0.29, 0.717) is 31.4 Å². The Hall–Kier alpha value is -1.09. The molecule has 1 heterocycles. The van der Waals surface area contributed by atoms with Crippen LogP contribution in [0.1, 0.15) is 39.2 Å². The molecule has 1 aromatic carbocycles. The number of nitrogens with one attached hydrogen (secondary N) is 2. The molecule has 2 rings (SSSR count). The summed E-state index contributed by atoms with van der Waals surface area (Å²) in [7, 11) is 0. The van der Waals surface area contributed by atoms with Crippen molar-refractivity contribution in [1.29, 1.82) is 0 Å². The highest BCUT2D eigenvalue weighted by Crippen LogP contribution is 2.22. The van der Waals surface area contributed by atoms with E-state index in [1.807, 2.05) is 24.0 Å². The Morgan fingerprint density at radius 2 is 1.89 bits per heavy atom. The number of anilines is 1. The summed E-state index contributed by atoms with van der Waals surface area (Å²) in [4.78, 5) is 6.64. The molecule has 0 bridgehead atoms. The van der Waals surface area contributed by atoms with E-state index in [-0.39, 0.29) is 29.8 Å². The number of guanidine groups is 1. The van der Waals surface area contributed by atoms with Gasteiger partial charge in [0.15, 0.2) is 5.96 Å². The van der Waals surface area contributed by atoms with Crippen molar-refractivity contribution < 1.29 is 9.13 Å². The zero-order chi connectivity index (χ0) is 18.8. The first-order valence-corrected chi connectivity index (χ1v) is 9.81. The zero-order valence-corrected chi connectivity index (χ0v) is 19.1. The molecule has 1 fully saturated rings. The highest BCUT2D eigenvalue weighted by Gasteiger charge is 2.15. The first-order chi connectivity index (χ1) is 12.7. The lowest BCUT2D eigenvalue weighted by molar-refractivity contribution is 0.122. The van der Waals surface area contributed by atoms with Crippen molar-refractivity contribution in [2.75, 3.05) is 44.3 Å². The predicted octanol–water partition coefficient (Wildman–Crippen LogP) is 3.77. The third-order valence-electron chi connectivity index (χ3n) is 4.84. The van der Waals surface area contributed by atoms with Crippen molar-refractivity contribution >= 4 is 35.6 Å². The predicted molar refractivity (Wildman–Crippen MR) is 122 cm³/mol. The molecule has 0 radical (unpaired) electrons. The van der Waals surface area contributed by atoms with Gasteiger partial charge >= 0.3 is 0 Å². The molecule has 0 spiro atoms. The van der Waals surface area contributed by atoms with Gasteiger partial charge in [-0.3, -0.25) is 0 Å². The van der Waals surface area contributed by atoms with Gasteiger partial charge in [0.1, 0.15) is 5.82 Å². The summed E-state index contributed by atoms with van der Waals surface area (Å²) >= 11 is 0. The summed E-state index contributed by atoms with van der Waals surface area (Å²) in [5, 5.41) is 6.65. The standard InChI is InChI=1S/C20H33FN4O.HI/c1-4-16(5-2)14-23-20(22-6-3)24-15-17-7-8-19(18(21)13-17)25-9-11-26-12-10-25;/h7-8,13,16H,4-6,9-12,14-15H2,1-3H3,(H2,22,23,24);1H. The second-order valence-electron chi connectivity index (χ2n) is 6.64. The molecular formula is C20H34FIN4O. The maximum Gasteiger partial charge on any atom is 0.191 e. The lowest BCUT2D eigenvalue weighted by atomic mass is 10.0. The van der Waals surface area contributed by atoms with Crippen LogP contribution in [0.25, 0.3) is 0 Å². The van der Waals surface area contributed by atoms with Gasteiger partial charge < -0.3 is 20.3 Å². The average Bonchev–Trinajstić information content (AvgIpc) is 2.67. The third-order valence-corrected chi connectivity index (χ3v) is 4.84.